The molecule has 4 N–H and O–H groups in total. The molecule has 1 atom stereocenters. The predicted octanol–water partition coefficient (Wildman–Crippen LogP) is 0.0955. The smallest absolute Gasteiger partial charge is 0.274 e. The third-order valence-corrected chi connectivity index (χ3v) is 1.77. The molecule has 12 heavy (non-hydrogen) atoms. The molecule has 0 saturated heterocycles. The van der Waals surface area contributed by atoms with Gasteiger partial charge in [-0.05, 0) is 13.3 Å². The molecule has 0 bridgehead atoms. The molecule has 0 spiro atoms. The molecule has 0 fully saturated rings. The normalized spacial score (nSPS) is 28.1. The van der Waals surface area contributed by atoms with E-state index in [2.05, 4.69) is 0 Å². The summed E-state index contributed by atoms with van der Waals surface area (Å²) in [5.74, 6) is -0.498. The Hall–Kier alpha value is -1.13. The van der Waals surface area contributed by atoms with E-state index in [1.165, 1.54) is 0 Å². The van der Waals surface area contributed by atoms with Gasteiger partial charge in [-0.25, -0.2) is 5.48 Å². The van der Waals surface area contributed by atoms with Crippen LogP contribution in [0.2, 0.25) is 0 Å². The summed E-state index contributed by atoms with van der Waals surface area (Å²) in [5.41, 5.74) is 7.39. The van der Waals surface area contributed by atoms with Crippen LogP contribution in [0.3, 0.4) is 0 Å². The van der Waals surface area contributed by atoms with E-state index in [0.29, 0.717) is 12.0 Å². The summed E-state index contributed by atoms with van der Waals surface area (Å²) in [6.07, 6.45) is 5.66. The standard InChI is InChI=1S/C8H12N2O2/c1-8(9)4-2-6(3-5-8)7(11)10-12/h2-4,12H,5,9H2,1H3,(H,10,11). The van der Waals surface area contributed by atoms with Crippen molar-refractivity contribution >= 4 is 5.91 Å². The Morgan fingerprint density at radius 2 is 2.50 bits per heavy atom. The molecule has 66 valence electrons. The molecule has 1 amide bonds. The van der Waals surface area contributed by atoms with Crippen LogP contribution in [0, 0.1) is 0 Å². The van der Waals surface area contributed by atoms with Crippen molar-refractivity contribution in [2.75, 3.05) is 0 Å². The molecule has 0 saturated carbocycles. The van der Waals surface area contributed by atoms with E-state index >= 15 is 0 Å². The number of rotatable bonds is 1. The monoisotopic (exact) mass is 168 g/mol. The lowest BCUT2D eigenvalue weighted by molar-refractivity contribution is -0.124. The second-order valence-electron chi connectivity index (χ2n) is 3.14. The minimum atomic E-state index is -0.498. The second kappa shape index (κ2) is 3.08. The maximum atomic E-state index is 10.9. The third kappa shape index (κ3) is 1.93. The van der Waals surface area contributed by atoms with E-state index in [1.54, 1.807) is 23.7 Å². The molecule has 0 heterocycles. The Balaban J connectivity index is 2.71. The first kappa shape index (κ1) is 8.96. The van der Waals surface area contributed by atoms with Gasteiger partial charge in [0, 0.05) is 11.1 Å². The van der Waals surface area contributed by atoms with E-state index in [9.17, 15) is 4.79 Å². The van der Waals surface area contributed by atoms with E-state index < -0.39 is 5.91 Å². The summed E-state index contributed by atoms with van der Waals surface area (Å²) in [6, 6.07) is 0. The molecule has 0 aromatic carbocycles. The second-order valence-corrected chi connectivity index (χ2v) is 3.14. The van der Waals surface area contributed by atoms with Crippen LogP contribution in [0.5, 0.6) is 0 Å². The van der Waals surface area contributed by atoms with Crippen molar-refractivity contribution in [3.05, 3.63) is 23.8 Å². The summed E-state index contributed by atoms with van der Waals surface area (Å²) in [5, 5.41) is 8.31. The number of hydrogen-bond donors (Lipinski definition) is 3. The first-order chi connectivity index (χ1) is 5.55. The van der Waals surface area contributed by atoms with Gasteiger partial charge in [0.25, 0.3) is 5.91 Å². The van der Waals surface area contributed by atoms with Crippen LogP contribution < -0.4 is 11.2 Å². The fourth-order valence-corrected chi connectivity index (χ4v) is 0.979. The van der Waals surface area contributed by atoms with Gasteiger partial charge in [-0.3, -0.25) is 10.0 Å². The van der Waals surface area contributed by atoms with Gasteiger partial charge in [0.05, 0.1) is 0 Å². The Kier molecular flexibility index (Phi) is 2.30. The molecule has 0 radical (unpaired) electrons. The zero-order valence-corrected chi connectivity index (χ0v) is 6.87. The van der Waals surface area contributed by atoms with Gasteiger partial charge < -0.3 is 5.73 Å². The Bertz CT molecular complexity index is 254. The van der Waals surface area contributed by atoms with Crippen molar-refractivity contribution in [3.8, 4) is 0 Å². The maximum absolute atomic E-state index is 10.9. The van der Waals surface area contributed by atoms with Gasteiger partial charge in [-0.15, -0.1) is 0 Å². The molecular weight excluding hydrogens is 156 g/mol. The number of hydrogen-bond acceptors (Lipinski definition) is 3. The summed E-state index contributed by atoms with van der Waals surface area (Å²) < 4.78 is 0. The molecule has 0 aromatic heterocycles. The van der Waals surface area contributed by atoms with E-state index in [-0.39, 0.29) is 5.54 Å². The summed E-state index contributed by atoms with van der Waals surface area (Å²) in [4.78, 5) is 10.9. The fourth-order valence-electron chi connectivity index (χ4n) is 0.979. The van der Waals surface area contributed by atoms with Crippen molar-refractivity contribution in [1.82, 2.24) is 5.48 Å². The van der Waals surface area contributed by atoms with Crippen LogP contribution in [0.1, 0.15) is 13.3 Å². The van der Waals surface area contributed by atoms with Crippen molar-refractivity contribution in [3.63, 3.8) is 0 Å². The van der Waals surface area contributed by atoms with E-state index in [4.69, 9.17) is 10.9 Å². The first-order valence-corrected chi connectivity index (χ1v) is 3.68. The average molecular weight is 168 g/mol. The van der Waals surface area contributed by atoms with Crippen molar-refractivity contribution in [1.29, 1.82) is 0 Å². The van der Waals surface area contributed by atoms with E-state index in [0.717, 1.165) is 0 Å². The van der Waals surface area contributed by atoms with Gasteiger partial charge in [0.15, 0.2) is 0 Å². The molecule has 0 aromatic rings. The number of carbonyl (C=O) groups is 1. The Morgan fingerprint density at radius 1 is 1.83 bits per heavy atom. The van der Waals surface area contributed by atoms with Crippen molar-refractivity contribution in [2.45, 2.75) is 18.9 Å². The zero-order valence-electron chi connectivity index (χ0n) is 6.87. The lowest BCUT2D eigenvalue weighted by Crippen LogP contribution is -2.35. The Labute approximate surface area is 70.7 Å². The summed E-state index contributed by atoms with van der Waals surface area (Å²) >= 11 is 0. The highest BCUT2D eigenvalue weighted by molar-refractivity contribution is 5.95. The van der Waals surface area contributed by atoms with Gasteiger partial charge in [0.1, 0.15) is 0 Å². The largest absolute Gasteiger partial charge is 0.322 e. The van der Waals surface area contributed by atoms with Gasteiger partial charge in [-0.1, -0.05) is 18.2 Å². The SMILES string of the molecule is CC1(N)C=CC(C(=O)NO)=CC1. The van der Waals surface area contributed by atoms with Gasteiger partial charge in [0.2, 0.25) is 0 Å². The van der Waals surface area contributed by atoms with Crippen LogP contribution >= 0.6 is 0 Å². The summed E-state index contributed by atoms with van der Waals surface area (Å²) in [7, 11) is 0. The van der Waals surface area contributed by atoms with Crippen LogP contribution in [0.15, 0.2) is 23.8 Å². The number of nitrogens with one attached hydrogen (secondary N) is 1. The molecule has 4 nitrogen and oxygen atoms in total. The fraction of sp³-hybridized carbons (Fsp3) is 0.375. The highest BCUT2D eigenvalue weighted by Gasteiger charge is 2.18. The number of carbonyl (C=O) groups excluding carboxylic acids is 1. The highest BCUT2D eigenvalue weighted by Crippen LogP contribution is 2.17. The maximum Gasteiger partial charge on any atom is 0.274 e. The quantitative estimate of drug-likeness (QED) is 0.384. The van der Waals surface area contributed by atoms with Gasteiger partial charge in [-0.2, -0.15) is 0 Å². The minimum Gasteiger partial charge on any atom is -0.322 e. The third-order valence-electron chi connectivity index (χ3n) is 1.77. The molecule has 1 rings (SSSR count). The minimum absolute atomic E-state index is 0.376. The lowest BCUT2D eigenvalue weighted by atomic mass is 9.91. The van der Waals surface area contributed by atoms with E-state index in [1.807, 2.05) is 6.92 Å². The first-order valence-electron chi connectivity index (χ1n) is 3.68. The van der Waals surface area contributed by atoms with Crippen molar-refractivity contribution < 1.29 is 10.0 Å². The molecule has 0 aliphatic heterocycles. The number of amides is 1. The molecule has 1 unspecified atom stereocenters. The van der Waals surface area contributed by atoms with Crippen LogP contribution in [-0.2, 0) is 4.79 Å². The van der Waals surface area contributed by atoms with Crippen LogP contribution in [-0.4, -0.2) is 16.7 Å². The van der Waals surface area contributed by atoms with Crippen LogP contribution in [0.4, 0.5) is 0 Å². The predicted molar refractivity (Wildman–Crippen MR) is 44.4 cm³/mol. The average Bonchev–Trinajstić information content (AvgIpc) is 2.03. The topological polar surface area (TPSA) is 75.4 Å². The molecule has 1 aliphatic carbocycles. The molecular formula is C8H12N2O2. The zero-order chi connectivity index (χ0) is 9.19. The number of hydroxylamine groups is 1. The van der Waals surface area contributed by atoms with Crippen LogP contribution in [0.25, 0.3) is 0 Å². The Morgan fingerprint density at radius 3 is 2.92 bits per heavy atom. The molecule has 1 aliphatic rings. The highest BCUT2D eigenvalue weighted by atomic mass is 16.5. The van der Waals surface area contributed by atoms with Crippen molar-refractivity contribution in [2.24, 2.45) is 5.73 Å². The lowest BCUT2D eigenvalue weighted by Gasteiger charge is -2.21. The molecule has 4 heteroatoms. The van der Waals surface area contributed by atoms with Gasteiger partial charge >= 0.3 is 0 Å². The summed E-state index contributed by atoms with van der Waals surface area (Å²) in [6.45, 7) is 1.87. The number of nitrogens with two attached hydrogens (primary N) is 1.